The van der Waals surface area contributed by atoms with Crippen molar-refractivity contribution in [1.29, 1.82) is 0 Å². The summed E-state index contributed by atoms with van der Waals surface area (Å²) in [6.45, 7) is 1.03. The van der Waals surface area contributed by atoms with Gasteiger partial charge in [0.2, 0.25) is 0 Å². The van der Waals surface area contributed by atoms with Crippen LogP contribution in [0, 0.1) is 0 Å². The van der Waals surface area contributed by atoms with Crippen LogP contribution in [-0.2, 0) is 0 Å². The lowest BCUT2D eigenvalue weighted by Gasteiger charge is -2.28. The van der Waals surface area contributed by atoms with Crippen LogP contribution in [0.3, 0.4) is 0 Å². The summed E-state index contributed by atoms with van der Waals surface area (Å²) in [7, 11) is 0. The van der Waals surface area contributed by atoms with Crippen LogP contribution in [0.5, 0.6) is 0 Å². The molecule has 0 aliphatic carbocycles. The van der Waals surface area contributed by atoms with Crippen molar-refractivity contribution in [3.8, 4) is 0 Å². The third-order valence-electron chi connectivity index (χ3n) is 1.58. The molecule has 2 aliphatic heterocycles. The molecule has 0 aromatic heterocycles. The molecule has 6 heteroatoms. The fourth-order valence-corrected chi connectivity index (χ4v) is 2.11. The van der Waals surface area contributed by atoms with Crippen LogP contribution >= 0.6 is 23.9 Å². The maximum Gasteiger partial charge on any atom is 0.164 e. The molecule has 1 saturated heterocycles. The average Bonchev–Trinajstić information content (AvgIpc) is 2.21. The van der Waals surface area contributed by atoms with E-state index in [1.807, 2.05) is 11.5 Å². The Kier molecular flexibility index (Phi) is 2.80. The van der Waals surface area contributed by atoms with Crippen molar-refractivity contribution in [2.75, 3.05) is 12.3 Å². The third-order valence-corrected chi connectivity index (χ3v) is 2.89. The van der Waals surface area contributed by atoms with Crippen LogP contribution in [0.15, 0.2) is 16.6 Å². The van der Waals surface area contributed by atoms with Gasteiger partial charge in [-0.15, -0.1) is 5.10 Å². The maximum absolute atomic E-state index is 4.15. The van der Waals surface area contributed by atoms with Crippen LogP contribution in [0.2, 0.25) is 0 Å². The van der Waals surface area contributed by atoms with E-state index in [2.05, 4.69) is 19.8 Å². The highest BCUT2D eigenvalue weighted by molar-refractivity contribution is 8.00. The summed E-state index contributed by atoms with van der Waals surface area (Å²) >= 11 is 3.21. The molecule has 2 aliphatic rings. The summed E-state index contributed by atoms with van der Waals surface area (Å²) in [6, 6.07) is 0. The minimum Gasteiger partial charge on any atom is -0.281 e. The molecule has 2 heterocycles. The maximum atomic E-state index is 4.15. The van der Waals surface area contributed by atoms with Crippen molar-refractivity contribution < 1.29 is 0 Å². The molecule has 0 radical (unpaired) electrons. The SMILES string of the molecule is C1=CC(N2CCCSN2)=NNS1. The van der Waals surface area contributed by atoms with Gasteiger partial charge < -0.3 is 0 Å². The van der Waals surface area contributed by atoms with Crippen molar-refractivity contribution in [2.45, 2.75) is 6.42 Å². The molecular weight excluding hydrogens is 192 g/mol. The predicted octanol–water partition coefficient (Wildman–Crippen LogP) is 0.923. The smallest absolute Gasteiger partial charge is 0.164 e. The van der Waals surface area contributed by atoms with Gasteiger partial charge in [0.15, 0.2) is 5.84 Å². The first-order valence-electron chi connectivity index (χ1n) is 3.77. The first kappa shape index (κ1) is 8.28. The van der Waals surface area contributed by atoms with Gasteiger partial charge in [-0.05, 0) is 29.9 Å². The van der Waals surface area contributed by atoms with Gasteiger partial charge in [-0.3, -0.25) is 5.01 Å². The number of nitrogens with one attached hydrogen (secondary N) is 2. The molecule has 0 bridgehead atoms. The first-order valence-corrected chi connectivity index (χ1v) is 5.63. The molecule has 4 nitrogen and oxygen atoms in total. The van der Waals surface area contributed by atoms with Gasteiger partial charge >= 0.3 is 0 Å². The molecule has 1 fully saturated rings. The van der Waals surface area contributed by atoms with Crippen molar-refractivity contribution in [1.82, 2.24) is 14.7 Å². The number of hydrogen-bond donors (Lipinski definition) is 2. The lowest BCUT2D eigenvalue weighted by atomic mass is 10.4. The number of nitrogens with zero attached hydrogens (tertiary/aromatic N) is 2. The van der Waals surface area contributed by atoms with E-state index >= 15 is 0 Å². The van der Waals surface area contributed by atoms with Crippen LogP contribution < -0.4 is 9.66 Å². The van der Waals surface area contributed by atoms with E-state index in [1.54, 1.807) is 11.9 Å². The zero-order chi connectivity index (χ0) is 8.23. The molecule has 0 amide bonds. The zero-order valence-electron chi connectivity index (χ0n) is 6.49. The Morgan fingerprint density at radius 3 is 3.25 bits per heavy atom. The topological polar surface area (TPSA) is 39.7 Å². The third kappa shape index (κ3) is 1.88. The molecule has 2 N–H and O–H groups in total. The van der Waals surface area contributed by atoms with Crippen LogP contribution in [0.25, 0.3) is 0 Å². The van der Waals surface area contributed by atoms with E-state index in [1.165, 1.54) is 24.1 Å². The van der Waals surface area contributed by atoms with E-state index in [0.29, 0.717) is 0 Å². The second-order valence-electron chi connectivity index (χ2n) is 2.43. The van der Waals surface area contributed by atoms with Crippen LogP contribution in [-0.4, -0.2) is 23.1 Å². The van der Waals surface area contributed by atoms with Gasteiger partial charge in [0.05, 0.1) is 0 Å². The molecule has 12 heavy (non-hydrogen) atoms. The summed E-state index contributed by atoms with van der Waals surface area (Å²) in [5, 5.41) is 8.19. The van der Waals surface area contributed by atoms with Gasteiger partial charge in [0.1, 0.15) is 0 Å². The summed E-state index contributed by atoms with van der Waals surface area (Å²) in [6.07, 6.45) is 3.21. The Hall–Kier alpha value is -0.330. The fraction of sp³-hybridized carbons (Fsp3) is 0.500. The molecule has 0 atom stereocenters. The Balaban J connectivity index is 1.97. The molecule has 66 valence electrons. The molecule has 0 saturated carbocycles. The molecular formula is C6H10N4S2. The largest absolute Gasteiger partial charge is 0.281 e. The lowest BCUT2D eigenvalue weighted by molar-refractivity contribution is 0.385. The highest BCUT2D eigenvalue weighted by Gasteiger charge is 2.13. The highest BCUT2D eigenvalue weighted by atomic mass is 32.2. The minimum absolute atomic E-state index is 0.959. The Morgan fingerprint density at radius 1 is 1.58 bits per heavy atom. The summed E-state index contributed by atoms with van der Waals surface area (Å²) < 4.78 is 0. The molecule has 0 aromatic rings. The fourth-order valence-electron chi connectivity index (χ4n) is 1.01. The molecule has 0 unspecified atom stereocenters. The van der Waals surface area contributed by atoms with Crippen LogP contribution in [0.4, 0.5) is 0 Å². The summed E-state index contributed by atoms with van der Waals surface area (Å²) in [5.74, 6) is 2.14. The predicted molar refractivity (Wildman–Crippen MR) is 54.2 cm³/mol. The Labute approximate surface area is 80.1 Å². The Morgan fingerprint density at radius 2 is 2.58 bits per heavy atom. The first-order chi connectivity index (χ1) is 5.97. The number of amidine groups is 1. The highest BCUT2D eigenvalue weighted by Crippen LogP contribution is 2.11. The second kappa shape index (κ2) is 4.06. The zero-order valence-corrected chi connectivity index (χ0v) is 8.12. The normalized spacial score (nSPS) is 23.3. The summed E-state index contributed by atoms with van der Waals surface area (Å²) in [4.78, 5) is 6.07. The molecule has 2 rings (SSSR count). The lowest BCUT2D eigenvalue weighted by Crippen LogP contribution is -2.43. The molecule has 0 spiro atoms. The van der Waals surface area contributed by atoms with E-state index in [-0.39, 0.29) is 0 Å². The van der Waals surface area contributed by atoms with Crippen LogP contribution in [0.1, 0.15) is 6.42 Å². The van der Waals surface area contributed by atoms with Gasteiger partial charge in [-0.25, -0.2) is 4.83 Å². The monoisotopic (exact) mass is 202 g/mol. The number of rotatable bonds is 0. The van der Waals surface area contributed by atoms with E-state index in [0.717, 1.165) is 12.4 Å². The average molecular weight is 202 g/mol. The number of hydrazine groups is 1. The number of hydrogen-bond acceptors (Lipinski definition) is 6. The quantitative estimate of drug-likeness (QED) is 0.572. The van der Waals surface area contributed by atoms with Crippen molar-refractivity contribution in [3.63, 3.8) is 0 Å². The van der Waals surface area contributed by atoms with E-state index in [9.17, 15) is 0 Å². The number of hydrazone groups is 1. The van der Waals surface area contributed by atoms with Gasteiger partial charge in [0, 0.05) is 12.3 Å². The van der Waals surface area contributed by atoms with Crippen molar-refractivity contribution in [2.24, 2.45) is 5.10 Å². The standard InChI is InChI=1S/C6H10N4S2/c1-3-10(9-12-4-1)6-2-5-11-8-7-6/h2,5,8-9H,1,3-4H2. The van der Waals surface area contributed by atoms with Gasteiger partial charge in [-0.1, -0.05) is 11.9 Å². The van der Waals surface area contributed by atoms with Crippen molar-refractivity contribution in [3.05, 3.63) is 11.5 Å². The van der Waals surface area contributed by atoms with Gasteiger partial charge in [0.25, 0.3) is 0 Å². The van der Waals surface area contributed by atoms with Gasteiger partial charge in [-0.2, -0.15) is 4.83 Å². The van der Waals surface area contributed by atoms with Crippen molar-refractivity contribution >= 4 is 29.7 Å². The Bertz CT molecular complexity index is 210. The summed E-state index contributed by atoms with van der Waals surface area (Å²) in [5.41, 5.74) is 0. The second-order valence-corrected chi connectivity index (χ2v) is 4.00. The minimum atomic E-state index is 0.959. The van der Waals surface area contributed by atoms with E-state index < -0.39 is 0 Å². The van der Waals surface area contributed by atoms with E-state index in [4.69, 9.17) is 0 Å². The molecule has 0 aromatic carbocycles.